The molecule has 0 bridgehead atoms. The number of hydrogen-bond donors (Lipinski definition) is 0. The summed E-state index contributed by atoms with van der Waals surface area (Å²) in [5.41, 5.74) is 0.644. The Labute approximate surface area is 260 Å². The van der Waals surface area contributed by atoms with Crippen molar-refractivity contribution in [2.45, 2.75) is 119 Å². The average Bonchev–Trinajstić information content (AvgIpc) is 2.93. The normalized spacial score (nSPS) is 47.7. The third-order valence-electron chi connectivity index (χ3n) is 15.0. The molecular formula is C37H57NO5. The SMILES string of the molecule is CC(=O)O[C@H]1CC[C@]2(C)[C@H]3C(=O)C=C4[C@@H]5C[C@@](C)(C(=O)CN6CCOCC6)CC[C@]5(C)CC[C@@]4(C)[C@]3(C)CC[C@H]2C1(C)C. The molecule has 0 aromatic carbocycles. The molecule has 4 saturated carbocycles. The van der Waals surface area contributed by atoms with Gasteiger partial charge in [-0.05, 0) is 97.4 Å². The van der Waals surface area contributed by atoms with E-state index in [1.807, 2.05) is 0 Å². The fourth-order valence-electron chi connectivity index (χ4n) is 12.0. The highest BCUT2D eigenvalue weighted by Gasteiger charge is 2.70. The Morgan fingerprint density at radius 2 is 1.60 bits per heavy atom. The molecule has 5 aliphatic carbocycles. The van der Waals surface area contributed by atoms with E-state index in [0.717, 1.165) is 70.9 Å². The van der Waals surface area contributed by atoms with Crippen molar-refractivity contribution in [3.63, 3.8) is 0 Å². The van der Waals surface area contributed by atoms with Crippen LogP contribution >= 0.6 is 0 Å². The smallest absolute Gasteiger partial charge is 0.302 e. The van der Waals surface area contributed by atoms with Crippen LogP contribution in [0.4, 0.5) is 0 Å². The highest BCUT2D eigenvalue weighted by atomic mass is 16.5. The lowest BCUT2D eigenvalue weighted by Gasteiger charge is -2.70. The first-order chi connectivity index (χ1) is 20.0. The van der Waals surface area contributed by atoms with Gasteiger partial charge in [0.1, 0.15) is 6.10 Å². The van der Waals surface area contributed by atoms with Crippen molar-refractivity contribution in [1.82, 2.24) is 4.90 Å². The van der Waals surface area contributed by atoms with Crippen LogP contribution in [0.2, 0.25) is 0 Å². The summed E-state index contributed by atoms with van der Waals surface area (Å²) in [6.07, 6.45) is 11.0. The highest BCUT2D eigenvalue weighted by Crippen LogP contribution is 2.75. The number of ketones is 2. The highest BCUT2D eigenvalue weighted by molar-refractivity contribution is 5.96. The number of Topliss-reactive ketones (excluding diaryl/α,β-unsaturated/α-hetero) is 1. The number of carbonyl (C=O) groups excluding carboxylic acids is 3. The van der Waals surface area contributed by atoms with Gasteiger partial charge in [-0.2, -0.15) is 0 Å². The Kier molecular flexibility index (Phi) is 7.49. The summed E-state index contributed by atoms with van der Waals surface area (Å²) >= 11 is 0. The number of rotatable bonds is 4. The predicted molar refractivity (Wildman–Crippen MR) is 167 cm³/mol. The minimum atomic E-state index is -0.356. The predicted octanol–water partition coefficient (Wildman–Crippen LogP) is 6.80. The molecule has 6 aliphatic rings. The van der Waals surface area contributed by atoms with Gasteiger partial charge in [-0.3, -0.25) is 19.3 Å². The Morgan fingerprint density at radius 3 is 2.28 bits per heavy atom. The Hall–Kier alpha value is -1.53. The fourth-order valence-corrected chi connectivity index (χ4v) is 12.0. The van der Waals surface area contributed by atoms with E-state index >= 15 is 0 Å². The molecule has 6 nitrogen and oxygen atoms in total. The van der Waals surface area contributed by atoms with Crippen LogP contribution in [0.3, 0.4) is 0 Å². The van der Waals surface area contributed by atoms with E-state index in [1.54, 1.807) is 0 Å². The molecule has 0 unspecified atom stereocenters. The van der Waals surface area contributed by atoms with Crippen LogP contribution in [0.5, 0.6) is 0 Å². The maximum atomic E-state index is 14.7. The van der Waals surface area contributed by atoms with Crippen LogP contribution in [0.15, 0.2) is 11.6 Å². The van der Waals surface area contributed by atoms with Crippen molar-refractivity contribution in [3.05, 3.63) is 11.6 Å². The monoisotopic (exact) mass is 595 g/mol. The van der Waals surface area contributed by atoms with Crippen molar-refractivity contribution >= 4 is 17.5 Å². The summed E-state index contributed by atoms with van der Waals surface area (Å²) in [4.78, 5) is 42.8. The summed E-state index contributed by atoms with van der Waals surface area (Å²) < 4.78 is 11.4. The van der Waals surface area contributed by atoms with Gasteiger partial charge in [0.15, 0.2) is 11.6 Å². The number of ether oxygens (including phenoxy) is 2. The molecule has 1 heterocycles. The van der Waals surface area contributed by atoms with Crippen molar-refractivity contribution in [1.29, 1.82) is 0 Å². The molecule has 0 N–H and O–H groups in total. The zero-order valence-corrected chi connectivity index (χ0v) is 28.3. The largest absolute Gasteiger partial charge is 0.462 e. The maximum absolute atomic E-state index is 14.7. The molecule has 0 amide bonds. The second-order valence-corrected chi connectivity index (χ2v) is 17.5. The van der Waals surface area contributed by atoms with Crippen LogP contribution in [-0.2, 0) is 23.9 Å². The minimum Gasteiger partial charge on any atom is -0.462 e. The van der Waals surface area contributed by atoms with E-state index in [-0.39, 0.29) is 56.4 Å². The number of carbonyl (C=O) groups is 3. The molecule has 6 heteroatoms. The summed E-state index contributed by atoms with van der Waals surface area (Å²) in [6.45, 7) is 21.6. The maximum Gasteiger partial charge on any atom is 0.302 e. The zero-order valence-electron chi connectivity index (χ0n) is 28.3. The number of allylic oxidation sites excluding steroid dienone is 2. The van der Waals surface area contributed by atoms with E-state index in [4.69, 9.17) is 9.47 Å². The van der Waals surface area contributed by atoms with Gasteiger partial charge in [0.05, 0.1) is 19.8 Å². The fraction of sp³-hybridized carbons (Fsp3) is 0.865. The lowest BCUT2D eigenvalue weighted by molar-refractivity contribution is -0.210. The third kappa shape index (κ3) is 4.57. The van der Waals surface area contributed by atoms with E-state index in [2.05, 4.69) is 59.4 Å². The summed E-state index contributed by atoms with van der Waals surface area (Å²) in [5.74, 6) is 1.04. The van der Waals surface area contributed by atoms with Gasteiger partial charge < -0.3 is 9.47 Å². The second-order valence-electron chi connectivity index (χ2n) is 17.5. The minimum absolute atomic E-state index is 0.0349. The van der Waals surface area contributed by atoms with Gasteiger partial charge in [0, 0.05) is 36.8 Å². The van der Waals surface area contributed by atoms with E-state index < -0.39 is 0 Å². The number of hydrogen-bond acceptors (Lipinski definition) is 6. The molecule has 0 radical (unpaired) electrons. The Bertz CT molecular complexity index is 1220. The first-order valence-corrected chi connectivity index (χ1v) is 17.3. The molecule has 1 aliphatic heterocycles. The lowest BCUT2D eigenvalue weighted by atomic mass is 9.33. The summed E-state index contributed by atoms with van der Waals surface area (Å²) in [6, 6.07) is 0. The van der Waals surface area contributed by atoms with Crippen LogP contribution in [-0.4, -0.2) is 61.4 Å². The lowest BCUT2D eigenvalue weighted by Crippen LogP contribution is -2.66. The van der Waals surface area contributed by atoms with Crippen LogP contribution in [0.25, 0.3) is 0 Å². The van der Waals surface area contributed by atoms with E-state index in [9.17, 15) is 14.4 Å². The molecule has 1 saturated heterocycles. The Morgan fingerprint density at radius 1 is 0.930 bits per heavy atom. The van der Waals surface area contributed by atoms with Gasteiger partial charge in [-0.25, -0.2) is 0 Å². The Balaban J connectivity index is 1.33. The standard InChI is InChI=1S/C37H57NO5/c1-24(39)43-30-10-11-35(6)28(32(30,2)3)9-12-37(8)31(35)27(40)21-25-26-22-34(5,29(41)23-38-17-19-42-20-18-38)14-13-33(26,4)15-16-36(25,37)7/h21,26,28,30-31H,9-20,22-23H2,1-8H3/t26-,28-,30-,31+,33+,34-,35-,36+,37+/m0/s1. The second kappa shape index (κ2) is 10.2. The number of nitrogens with zero attached hydrogens (tertiary/aromatic N) is 1. The molecule has 43 heavy (non-hydrogen) atoms. The van der Waals surface area contributed by atoms with E-state index in [0.29, 0.717) is 37.2 Å². The molecule has 5 fully saturated rings. The van der Waals surface area contributed by atoms with Crippen molar-refractivity contribution in [3.8, 4) is 0 Å². The molecular weight excluding hydrogens is 538 g/mol. The van der Waals surface area contributed by atoms with Gasteiger partial charge in [0.25, 0.3) is 0 Å². The third-order valence-corrected chi connectivity index (χ3v) is 15.0. The van der Waals surface area contributed by atoms with Gasteiger partial charge in [0.2, 0.25) is 0 Å². The van der Waals surface area contributed by atoms with Crippen LogP contribution < -0.4 is 0 Å². The summed E-state index contributed by atoms with van der Waals surface area (Å²) in [7, 11) is 0. The van der Waals surface area contributed by atoms with Gasteiger partial charge >= 0.3 is 5.97 Å². The number of esters is 1. The van der Waals surface area contributed by atoms with Crippen LogP contribution in [0.1, 0.15) is 113 Å². The topological polar surface area (TPSA) is 72.9 Å². The molecule has 0 aromatic rings. The first-order valence-electron chi connectivity index (χ1n) is 17.3. The molecule has 9 atom stereocenters. The quantitative estimate of drug-likeness (QED) is 0.333. The molecule has 0 aromatic heterocycles. The molecule has 6 rings (SSSR count). The van der Waals surface area contributed by atoms with Crippen molar-refractivity contribution in [2.75, 3.05) is 32.8 Å². The average molecular weight is 596 g/mol. The summed E-state index contributed by atoms with van der Waals surface area (Å²) in [5, 5.41) is 0. The van der Waals surface area contributed by atoms with Gasteiger partial charge in [-0.15, -0.1) is 0 Å². The zero-order chi connectivity index (χ0) is 31.2. The van der Waals surface area contributed by atoms with Crippen LogP contribution in [0, 0.1) is 50.2 Å². The molecule has 240 valence electrons. The van der Waals surface area contributed by atoms with Crippen molar-refractivity contribution < 1.29 is 23.9 Å². The first kappa shape index (κ1) is 31.5. The number of morpholine rings is 1. The van der Waals surface area contributed by atoms with Crippen molar-refractivity contribution in [2.24, 2.45) is 50.2 Å². The molecule has 0 spiro atoms. The number of fused-ring (bicyclic) bond motifs is 7. The van der Waals surface area contributed by atoms with E-state index in [1.165, 1.54) is 12.5 Å². The van der Waals surface area contributed by atoms with Gasteiger partial charge in [-0.1, -0.05) is 54.0 Å².